The Kier molecular flexibility index (Phi) is 3.90. The molecule has 0 saturated carbocycles. The molecule has 80 valence electrons. The summed E-state index contributed by atoms with van der Waals surface area (Å²) in [6.07, 6.45) is 0. The molecule has 4 nitrogen and oxygen atoms in total. The molecule has 0 N–H and O–H groups in total. The second-order valence-corrected chi connectivity index (χ2v) is 3.86. The molecular formula is C11H15LiN4. The first-order valence-corrected chi connectivity index (χ1v) is 4.97. The molecule has 2 aromatic rings. The maximum atomic E-state index is 4.36. The fraction of sp³-hybridized carbons (Fsp3) is 0.364. The third kappa shape index (κ3) is 2.52. The van der Waals surface area contributed by atoms with Crippen LogP contribution in [0.25, 0.3) is 0 Å². The van der Waals surface area contributed by atoms with E-state index in [9.17, 15) is 0 Å². The van der Waals surface area contributed by atoms with E-state index in [-0.39, 0.29) is 18.9 Å². The number of aromatic nitrogens is 4. The summed E-state index contributed by atoms with van der Waals surface area (Å²) in [5, 5.41) is 8.71. The fourth-order valence-electron chi connectivity index (χ4n) is 1.63. The van der Waals surface area contributed by atoms with E-state index < -0.39 is 0 Å². The van der Waals surface area contributed by atoms with Crippen molar-refractivity contribution >= 4 is 0 Å². The Hall–Kier alpha value is -1.11. The predicted octanol–water partition coefficient (Wildman–Crippen LogP) is -1.17. The van der Waals surface area contributed by atoms with E-state index >= 15 is 0 Å². The zero-order valence-corrected chi connectivity index (χ0v) is 10.5. The van der Waals surface area contributed by atoms with Gasteiger partial charge in [0.25, 0.3) is 0 Å². The van der Waals surface area contributed by atoms with Crippen LogP contribution in [0.15, 0.2) is 12.1 Å². The van der Waals surface area contributed by atoms with E-state index in [2.05, 4.69) is 10.2 Å². The molecule has 0 aliphatic heterocycles. The van der Waals surface area contributed by atoms with Gasteiger partial charge in [0.1, 0.15) is 0 Å². The summed E-state index contributed by atoms with van der Waals surface area (Å²) < 4.78 is 3.68. The molecule has 2 rings (SSSR count). The van der Waals surface area contributed by atoms with Crippen molar-refractivity contribution in [1.29, 1.82) is 0 Å². The second-order valence-electron chi connectivity index (χ2n) is 3.86. The van der Waals surface area contributed by atoms with Gasteiger partial charge in [0.05, 0.1) is 0 Å². The van der Waals surface area contributed by atoms with Crippen LogP contribution in [0.1, 0.15) is 22.8 Å². The molecule has 5 heteroatoms. The summed E-state index contributed by atoms with van der Waals surface area (Å²) in [5.41, 5.74) is 4.26. The Morgan fingerprint density at radius 3 is 1.50 bits per heavy atom. The van der Waals surface area contributed by atoms with Gasteiger partial charge >= 0.3 is 18.9 Å². The van der Waals surface area contributed by atoms with Crippen molar-refractivity contribution in [1.82, 2.24) is 19.6 Å². The van der Waals surface area contributed by atoms with Crippen molar-refractivity contribution in [2.75, 3.05) is 0 Å². The van der Waals surface area contributed by atoms with Crippen LogP contribution in [-0.2, 0) is 0 Å². The first-order chi connectivity index (χ1) is 7.06. The number of hydrogen-bond donors (Lipinski definition) is 0. The molecule has 0 unspecified atom stereocenters. The van der Waals surface area contributed by atoms with Crippen molar-refractivity contribution in [3.63, 3.8) is 0 Å². The first kappa shape index (κ1) is 13.0. The maximum absolute atomic E-state index is 4.36. The van der Waals surface area contributed by atoms with Gasteiger partial charge < -0.3 is 9.36 Å². The average Bonchev–Trinajstić information content (AvgIpc) is 2.58. The van der Waals surface area contributed by atoms with Gasteiger partial charge in [0, 0.05) is 18.1 Å². The van der Waals surface area contributed by atoms with Crippen molar-refractivity contribution in [3.8, 4) is 0 Å². The van der Waals surface area contributed by atoms with Gasteiger partial charge in [-0.3, -0.25) is 0 Å². The fourth-order valence-corrected chi connectivity index (χ4v) is 1.63. The smallest absolute Gasteiger partial charge is 0.332 e. The molecule has 16 heavy (non-hydrogen) atoms. The molecule has 0 aromatic carbocycles. The Bertz CT molecular complexity index is 440. The molecule has 2 aromatic heterocycles. The molecule has 0 radical (unpaired) electrons. The van der Waals surface area contributed by atoms with Crippen LogP contribution < -0.4 is 18.9 Å². The third-order valence-corrected chi connectivity index (χ3v) is 2.31. The molecule has 2 heterocycles. The summed E-state index contributed by atoms with van der Waals surface area (Å²) >= 11 is 0. The summed E-state index contributed by atoms with van der Waals surface area (Å²) in [6.45, 7) is 9.92. The van der Waals surface area contributed by atoms with Crippen LogP contribution in [0, 0.1) is 34.4 Å². The number of rotatable bonds is 2. The van der Waals surface area contributed by atoms with Gasteiger partial charge in [-0.05, 0) is 13.8 Å². The molecular weight excluding hydrogens is 195 g/mol. The van der Waals surface area contributed by atoms with Crippen molar-refractivity contribution in [2.45, 2.75) is 27.7 Å². The molecule has 0 atom stereocenters. The molecule has 0 spiro atoms. The van der Waals surface area contributed by atoms with E-state index in [0.29, 0.717) is 0 Å². The van der Waals surface area contributed by atoms with Crippen LogP contribution in [0.3, 0.4) is 0 Å². The minimum atomic E-state index is 0. The Balaban J connectivity index is 0.00000128. The first-order valence-electron chi connectivity index (χ1n) is 4.97. The van der Waals surface area contributed by atoms with Gasteiger partial charge in [-0.1, -0.05) is 37.4 Å². The Morgan fingerprint density at radius 1 is 0.875 bits per heavy atom. The normalized spacial score (nSPS) is 10.0. The van der Waals surface area contributed by atoms with Crippen molar-refractivity contribution < 1.29 is 18.9 Å². The zero-order chi connectivity index (χ0) is 11.0. The molecule has 0 fully saturated rings. The summed E-state index contributed by atoms with van der Waals surface area (Å²) in [6, 6.07) is 4.09. The molecule has 0 amide bonds. The Morgan fingerprint density at radius 2 is 1.25 bits per heavy atom. The zero-order valence-electron chi connectivity index (χ0n) is 10.5. The molecule has 0 bridgehead atoms. The van der Waals surface area contributed by atoms with Gasteiger partial charge in [-0.15, -0.1) is 0 Å². The predicted molar refractivity (Wildman–Crippen MR) is 58.5 cm³/mol. The minimum absolute atomic E-state index is 0. The second kappa shape index (κ2) is 4.81. The standard InChI is InChI=1S/C11H15N4.Li/c1-8-5-10(3)14(12-8)7-15-11(4)6-9(2)13-15;/h5-7H,1-4H3;/q-1;+1. The molecule has 0 aliphatic carbocycles. The van der Waals surface area contributed by atoms with E-state index in [1.165, 1.54) is 0 Å². The molecule has 0 aliphatic rings. The summed E-state index contributed by atoms with van der Waals surface area (Å²) in [4.78, 5) is 0. The Labute approximate surface area is 108 Å². The van der Waals surface area contributed by atoms with E-state index in [0.717, 1.165) is 22.8 Å². The van der Waals surface area contributed by atoms with Gasteiger partial charge in [-0.2, -0.15) is 10.2 Å². The monoisotopic (exact) mass is 210 g/mol. The SMILES string of the molecule is Cc1cc(C)n([CH-]n2nc(C)cc2C)n1.[Li+]. The van der Waals surface area contributed by atoms with Crippen LogP contribution in [-0.4, -0.2) is 19.6 Å². The summed E-state index contributed by atoms with van der Waals surface area (Å²) in [7, 11) is 0. The van der Waals surface area contributed by atoms with E-state index in [1.807, 2.05) is 55.9 Å². The van der Waals surface area contributed by atoms with Crippen LogP contribution in [0.2, 0.25) is 0 Å². The average molecular weight is 210 g/mol. The summed E-state index contributed by atoms with van der Waals surface area (Å²) in [5.74, 6) is 0. The van der Waals surface area contributed by atoms with Crippen LogP contribution >= 0.6 is 0 Å². The van der Waals surface area contributed by atoms with E-state index in [4.69, 9.17) is 0 Å². The van der Waals surface area contributed by atoms with Crippen molar-refractivity contribution in [2.24, 2.45) is 0 Å². The van der Waals surface area contributed by atoms with Gasteiger partial charge in [-0.25, -0.2) is 0 Å². The van der Waals surface area contributed by atoms with Gasteiger partial charge in [0.15, 0.2) is 0 Å². The topological polar surface area (TPSA) is 35.6 Å². The van der Waals surface area contributed by atoms with E-state index in [1.54, 1.807) is 0 Å². The number of hydrogen-bond acceptors (Lipinski definition) is 2. The number of aryl methyl sites for hydroxylation is 4. The quantitative estimate of drug-likeness (QED) is 0.462. The largest absolute Gasteiger partial charge is 1.00 e. The number of nitrogens with zero attached hydrogens (tertiary/aromatic N) is 4. The molecule has 0 saturated heterocycles. The van der Waals surface area contributed by atoms with Crippen molar-refractivity contribution in [3.05, 3.63) is 41.6 Å². The maximum Gasteiger partial charge on any atom is 1.00 e. The van der Waals surface area contributed by atoms with Crippen LogP contribution in [0.5, 0.6) is 0 Å². The van der Waals surface area contributed by atoms with Gasteiger partial charge in [0.2, 0.25) is 0 Å². The van der Waals surface area contributed by atoms with Crippen LogP contribution in [0.4, 0.5) is 0 Å². The minimum Gasteiger partial charge on any atom is -0.332 e. The third-order valence-electron chi connectivity index (χ3n) is 2.31.